The molecule has 5 nitrogen and oxygen atoms in total. The van der Waals surface area contributed by atoms with Crippen LogP contribution in [0.2, 0.25) is 0 Å². The van der Waals surface area contributed by atoms with Gasteiger partial charge in [-0.3, -0.25) is 9.69 Å². The fraction of sp³-hybridized carbons (Fsp3) is 0.933. The molecule has 0 spiro atoms. The van der Waals surface area contributed by atoms with E-state index in [1.54, 1.807) is 0 Å². The van der Waals surface area contributed by atoms with Gasteiger partial charge in [-0.15, -0.1) is 0 Å². The van der Waals surface area contributed by atoms with Gasteiger partial charge in [-0.05, 0) is 44.7 Å². The van der Waals surface area contributed by atoms with Crippen molar-refractivity contribution in [2.45, 2.75) is 38.7 Å². The minimum atomic E-state index is 0.146. The van der Waals surface area contributed by atoms with Crippen LogP contribution in [-0.4, -0.2) is 56.2 Å². The van der Waals surface area contributed by atoms with Crippen LogP contribution >= 0.6 is 0 Å². The molecule has 1 unspecified atom stereocenters. The van der Waals surface area contributed by atoms with Crippen molar-refractivity contribution >= 4 is 5.91 Å². The first-order valence-corrected chi connectivity index (χ1v) is 8.04. The molecule has 1 saturated carbocycles. The predicted octanol–water partition coefficient (Wildman–Crippen LogP) is 0.588. The lowest BCUT2D eigenvalue weighted by molar-refractivity contribution is -0.127. The Balaban J connectivity index is 1.67. The van der Waals surface area contributed by atoms with E-state index >= 15 is 0 Å². The van der Waals surface area contributed by atoms with Crippen molar-refractivity contribution in [2.75, 3.05) is 39.3 Å². The molecule has 2 aliphatic rings. The highest BCUT2D eigenvalue weighted by molar-refractivity contribution is 5.78. The minimum absolute atomic E-state index is 0.146. The number of nitrogens with zero attached hydrogens (tertiary/aromatic N) is 1. The van der Waals surface area contributed by atoms with Gasteiger partial charge in [-0.1, -0.05) is 6.92 Å². The molecular weight excluding hydrogens is 254 g/mol. The lowest BCUT2D eigenvalue weighted by atomic mass is 9.81. The van der Waals surface area contributed by atoms with Crippen LogP contribution in [0.15, 0.2) is 0 Å². The highest BCUT2D eigenvalue weighted by Crippen LogP contribution is 2.28. The van der Waals surface area contributed by atoms with Crippen molar-refractivity contribution in [1.82, 2.24) is 10.2 Å². The number of hydrogen-bond donors (Lipinski definition) is 2. The Morgan fingerprint density at radius 2 is 2.10 bits per heavy atom. The quantitative estimate of drug-likeness (QED) is 0.775. The Morgan fingerprint density at radius 3 is 2.75 bits per heavy atom. The smallest absolute Gasteiger partial charge is 0.223 e. The lowest BCUT2D eigenvalue weighted by Crippen LogP contribution is -2.48. The summed E-state index contributed by atoms with van der Waals surface area (Å²) in [4.78, 5) is 14.5. The molecule has 1 saturated heterocycles. The summed E-state index contributed by atoms with van der Waals surface area (Å²) in [5.74, 6) is 1.01. The lowest BCUT2D eigenvalue weighted by Gasteiger charge is -2.33. The van der Waals surface area contributed by atoms with Crippen molar-refractivity contribution in [3.05, 3.63) is 0 Å². The normalized spacial score (nSPS) is 32.0. The molecule has 3 N–H and O–H groups in total. The SMILES string of the molecule is CCN1CCOC(CNC(=O)C2CCC(CN)CC2)C1. The average Bonchev–Trinajstić information content (AvgIpc) is 2.53. The second kappa shape index (κ2) is 7.96. The monoisotopic (exact) mass is 283 g/mol. The fourth-order valence-corrected chi connectivity index (χ4v) is 3.21. The summed E-state index contributed by atoms with van der Waals surface area (Å²) in [6, 6.07) is 0. The summed E-state index contributed by atoms with van der Waals surface area (Å²) < 4.78 is 5.71. The molecule has 0 radical (unpaired) electrons. The summed E-state index contributed by atoms with van der Waals surface area (Å²) in [7, 11) is 0. The summed E-state index contributed by atoms with van der Waals surface area (Å²) in [5, 5.41) is 3.08. The average molecular weight is 283 g/mol. The van der Waals surface area contributed by atoms with Gasteiger partial charge in [-0.25, -0.2) is 0 Å². The van der Waals surface area contributed by atoms with Gasteiger partial charge in [0, 0.05) is 25.6 Å². The van der Waals surface area contributed by atoms with Crippen LogP contribution in [0.25, 0.3) is 0 Å². The number of ether oxygens (including phenoxy) is 1. The fourth-order valence-electron chi connectivity index (χ4n) is 3.21. The number of likely N-dealkylation sites (N-methyl/N-ethyl adjacent to an activating group) is 1. The zero-order valence-corrected chi connectivity index (χ0v) is 12.6. The summed E-state index contributed by atoms with van der Waals surface area (Å²) in [5.41, 5.74) is 5.69. The van der Waals surface area contributed by atoms with Crippen LogP contribution in [0.5, 0.6) is 0 Å². The first-order chi connectivity index (χ1) is 9.72. The minimum Gasteiger partial charge on any atom is -0.374 e. The molecule has 1 amide bonds. The van der Waals surface area contributed by atoms with Crippen molar-refractivity contribution in [3.63, 3.8) is 0 Å². The third-order valence-electron chi connectivity index (χ3n) is 4.72. The van der Waals surface area contributed by atoms with E-state index in [-0.39, 0.29) is 17.9 Å². The van der Waals surface area contributed by atoms with Crippen LogP contribution in [-0.2, 0) is 9.53 Å². The second-order valence-corrected chi connectivity index (χ2v) is 6.08. The summed E-state index contributed by atoms with van der Waals surface area (Å²) in [6.07, 6.45) is 4.31. The molecule has 1 aliphatic heterocycles. The van der Waals surface area contributed by atoms with Gasteiger partial charge in [0.2, 0.25) is 5.91 Å². The van der Waals surface area contributed by atoms with Gasteiger partial charge in [0.25, 0.3) is 0 Å². The van der Waals surface area contributed by atoms with E-state index in [4.69, 9.17) is 10.5 Å². The molecule has 5 heteroatoms. The number of nitrogens with two attached hydrogens (primary N) is 1. The first-order valence-electron chi connectivity index (χ1n) is 8.04. The van der Waals surface area contributed by atoms with Gasteiger partial charge in [0.15, 0.2) is 0 Å². The molecule has 2 fully saturated rings. The third-order valence-corrected chi connectivity index (χ3v) is 4.72. The molecular formula is C15H29N3O2. The summed E-state index contributed by atoms with van der Waals surface area (Å²) in [6.45, 7) is 7.33. The van der Waals surface area contributed by atoms with E-state index in [0.29, 0.717) is 12.5 Å². The standard InChI is InChI=1S/C15H29N3O2/c1-2-18-7-8-20-14(11-18)10-17-15(19)13-5-3-12(9-16)4-6-13/h12-14H,2-11,16H2,1H3,(H,17,19). The Labute approximate surface area is 122 Å². The van der Waals surface area contributed by atoms with Gasteiger partial charge < -0.3 is 15.8 Å². The van der Waals surface area contributed by atoms with Crippen molar-refractivity contribution < 1.29 is 9.53 Å². The van der Waals surface area contributed by atoms with Crippen molar-refractivity contribution in [1.29, 1.82) is 0 Å². The van der Waals surface area contributed by atoms with E-state index in [1.807, 2.05) is 0 Å². The molecule has 0 aromatic heterocycles. The maximum atomic E-state index is 12.2. The van der Waals surface area contributed by atoms with Crippen LogP contribution in [0.3, 0.4) is 0 Å². The molecule has 0 aromatic carbocycles. The van der Waals surface area contributed by atoms with Crippen LogP contribution in [0.1, 0.15) is 32.6 Å². The Kier molecular flexibility index (Phi) is 6.26. The van der Waals surface area contributed by atoms with E-state index in [0.717, 1.165) is 58.5 Å². The Morgan fingerprint density at radius 1 is 1.35 bits per heavy atom. The van der Waals surface area contributed by atoms with Gasteiger partial charge in [0.05, 0.1) is 12.7 Å². The molecule has 116 valence electrons. The maximum absolute atomic E-state index is 12.2. The molecule has 0 bridgehead atoms. The van der Waals surface area contributed by atoms with Gasteiger partial charge >= 0.3 is 0 Å². The third kappa shape index (κ3) is 4.43. The number of rotatable bonds is 5. The Bertz CT molecular complexity index is 303. The Hall–Kier alpha value is -0.650. The predicted molar refractivity (Wildman–Crippen MR) is 79.4 cm³/mol. The topological polar surface area (TPSA) is 67.6 Å². The highest BCUT2D eigenvalue weighted by Gasteiger charge is 2.26. The molecule has 2 rings (SSSR count). The second-order valence-electron chi connectivity index (χ2n) is 6.08. The number of carbonyl (C=O) groups excluding carboxylic acids is 1. The number of amides is 1. The zero-order chi connectivity index (χ0) is 14.4. The van der Waals surface area contributed by atoms with E-state index in [1.165, 1.54) is 0 Å². The largest absolute Gasteiger partial charge is 0.374 e. The van der Waals surface area contributed by atoms with E-state index in [2.05, 4.69) is 17.1 Å². The van der Waals surface area contributed by atoms with Crippen molar-refractivity contribution in [2.24, 2.45) is 17.6 Å². The van der Waals surface area contributed by atoms with Crippen LogP contribution in [0, 0.1) is 11.8 Å². The molecule has 0 aromatic rings. The highest BCUT2D eigenvalue weighted by atomic mass is 16.5. The summed E-state index contributed by atoms with van der Waals surface area (Å²) >= 11 is 0. The molecule has 1 aliphatic carbocycles. The number of morpholine rings is 1. The first kappa shape index (κ1) is 15.7. The number of carbonyl (C=O) groups is 1. The van der Waals surface area contributed by atoms with Crippen LogP contribution < -0.4 is 11.1 Å². The van der Waals surface area contributed by atoms with Crippen LogP contribution in [0.4, 0.5) is 0 Å². The number of nitrogens with one attached hydrogen (secondary N) is 1. The zero-order valence-electron chi connectivity index (χ0n) is 12.6. The molecule has 1 atom stereocenters. The maximum Gasteiger partial charge on any atom is 0.223 e. The molecule has 20 heavy (non-hydrogen) atoms. The van der Waals surface area contributed by atoms with Crippen molar-refractivity contribution in [3.8, 4) is 0 Å². The van der Waals surface area contributed by atoms with E-state index < -0.39 is 0 Å². The molecule has 1 heterocycles. The van der Waals surface area contributed by atoms with Gasteiger partial charge in [-0.2, -0.15) is 0 Å². The van der Waals surface area contributed by atoms with Gasteiger partial charge in [0.1, 0.15) is 0 Å². The number of hydrogen-bond acceptors (Lipinski definition) is 4. The van der Waals surface area contributed by atoms with E-state index in [9.17, 15) is 4.79 Å².